The van der Waals surface area contributed by atoms with Gasteiger partial charge in [-0.2, -0.15) is 0 Å². The lowest BCUT2D eigenvalue weighted by molar-refractivity contribution is -0.387. The van der Waals surface area contributed by atoms with Gasteiger partial charge in [0, 0.05) is 16.8 Å². The van der Waals surface area contributed by atoms with E-state index >= 15 is 0 Å². The third kappa shape index (κ3) is 5.25. The van der Waals surface area contributed by atoms with Crippen LogP contribution >= 0.6 is 23.2 Å². The number of nitro groups is 1. The molecule has 0 amide bonds. The second-order valence-electron chi connectivity index (χ2n) is 6.09. The maximum Gasteiger partial charge on any atom is 0.289 e. The second kappa shape index (κ2) is 8.71. The number of nitro benzene ring substituents is 1. The number of rotatable bonds is 7. The summed E-state index contributed by atoms with van der Waals surface area (Å²) in [6.07, 6.45) is 0. The fraction of sp³-hybridized carbons (Fsp3) is 0. The van der Waals surface area contributed by atoms with E-state index in [2.05, 4.69) is 9.44 Å². The lowest BCUT2D eigenvalue weighted by Gasteiger charge is -2.13. The average Bonchev–Trinajstić information content (AvgIpc) is 2.70. The first-order chi connectivity index (χ1) is 14.5. The molecule has 0 atom stereocenters. The summed E-state index contributed by atoms with van der Waals surface area (Å²) in [7, 11) is -8.58. The van der Waals surface area contributed by atoms with Crippen molar-refractivity contribution in [2.75, 3.05) is 9.44 Å². The minimum Gasteiger partial charge on any atom is -0.280 e. The number of hydrogen-bond acceptors (Lipinski definition) is 6. The van der Waals surface area contributed by atoms with Crippen LogP contribution in [0.1, 0.15) is 0 Å². The molecule has 0 aliphatic rings. The molecule has 9 nitrogen and oxygen atoms in total. The summed E-state index contributed by atoms with van der Waals surface area (Å²) in [5, 5.41) is 11.4. The summed E-state index contributed by atoms with van der Waals surface area (Å²) in [6.45, 7) is 0. The molecule has 0 aliphatic heterocycles. The van der Waals surface area contributed by atoms with Crippen molar-refractivity contribution in [3.63, 3.8) is 0 Å². The molecule has 0 spiro atoms. The SMILES string of the molecule is O=[N+]([O-])c1ccccc1S(=O)(=O)Nc1ccc(Cl)c(S(=O)(=O)Nc2ccc(Cl)cc2)c1. The molecule has 2 N–H and O–H groups in total. The second-order valence-corrected chi connectivity index (χ2v) is 10.2. The van der Waals surface area contributed by atoms with Crippen LogP contribution in [0.2, 0.25) is 10.0 Å². The molecule has 31 heavy (non-hydrogen) atoms. The molecular formula is C18H13Cl2N3O6S2. The highest BCUT2D eigenvalue weighted by molar-refractivity contribution is 7.93. The molecule has 0 heterocycles. The van der Waals surface area contributed by atoms with E-state index in [1.54, 1.807) is 0 Å². The molecule has 162 valence electrons. The molecule has 3 aromatic carbocycles. The molecule has 0 radical (unpaired) electrons. The Kier molecular flexibility index (Phi) is 6.41. The molecule has 0 unspecified atom stereocenters. The van der Waals surface area contributed by atoms with Gasteiger partial charge in [0.2, 0.25) is 0 Å². The summed E-state index contributed by atoms with van der Waals surface area (Å²) in [5.74, 6) is 0. The number of sulfonamides is 2. The van der Waals surface area contributed by atoms with Crippen LogP contribution in [0.5, 0.6) is 0 Å². The molecular weight excluding hydrogens is 489 g/mol. The normalized spacial score (nSPS) is 11.7. The first-order valence-corrected chi connectivity index (χ1v) is 12.1. The van der Waals surface area contributed by atoms with Crippen molar-refractivity contribution in [3.8, 4) is 0 Å². The van der Waals surface area contributed by atoms with Crippen LogP contribution in [0.3, 0.4) is 0 Å². The summed E-state index contributed by atoms with van der Waals surface area (Å²) >= 11 is 11.8. The van der Waals surface area contributed by atoms with Crippen molar-refractivity contribution in [2.24, 2.45) is 0 Å². The average molecular weight is 502 g/mol. The van der Waals surface area contributed by atoms with Crippen molar-refractivity contribution in [3.05, 3.63) is 86.9 Å². The first-order valence-electron chi connectivity index (χ1n) is 8.34. The minimum absolute atomic E-state index is 0.154. The maximum absolute atomic E-state index is 12.7. The number of hydrogen-bond donors (Lipinski definition) is 2. The monoisotopic (exact) mass is 501 g/mol. The van der Waals surface area contributed by atoms with Gasteiger partial charge in [-0.25, -0.2) is 16.8 Å². The van der Waals surface area contributed by atoms with Gasteiger partial charge in [0.25, 0.3) is 25.7 Å². The van der Waals surface area contributed by atoms with Gasteiger partial charge in [-0.1, -0.05) is 35.3 Å². The van der Waals surface area contributed by atoms with E-state index in [0.29, 0.717) is 5.02 Å². The Morgan fingerprint density at radius 2 is 1.29 bits per heavy atom. The predicted octanol–water partition coefficient (Wildman–Crippen LogP) is 4.50. The molecule has 3 aromatic rings. The van der Waals surface area contributed by atoms with E-state index in [9.17, 15) is 26.9 Å². The van der Waals surface area contributed by atoms with Crippen LogP contribution in [0, 0.1) is 10.1 Å². The molecule has 0 saturated heterocycles. The highest BCUT2D eigenvalue weighted by Crippen LogP contribution is 2.30. The Bertz CT molecular complexity index is 1360. The summed E-state index contributed by atoms with van der Waals surface area (Å²) in [5.41, 5.74) is -0.563. The fourth-order valence-electron chi connectivity index (χ4n) is 2.55. The third-order valence-electron chi connectivity index (χ3n) is 3.92. The van der Waals surface area contributed by atoms with Crippen molar-refractivity contribution in [1.29, 1.82) is 0 Å². The van der Waals surface area contributed by atoms with E-state index in [4.69, 9.17) is 23.2 Å². The van der Waals surface area contributed by atoms with Crippen LogP contribution in [-0.4, -0.2) is 21.8 Å². The van der Waals surface area contributed by atoms with Gasteiger partial charge in [0.15, 0.2) is 4.90 Å². The van der Waals surface area contributed by atoms with E-state index in [1.165, 1.54) is 48.5 Å². The van der Waals surface area contributed by atoms with Crippen LogP contribution < -0.4 is 9.44 Å². The predicted molar refractivity (Wildman–Crippen MR) is 118 cm³/mol. The van der Waals surface area contributed by atoms with E-state index in [1.807, 2.05) is 0 Å². The smallest absolute Gasteiger partial charge is 0.280 e. The zero-order chi connectivity index (χ0) is 22.8. The summed E-state index contributed by atoms with van der Waals surface area (Å²) < 4.78 is 55.3. The van der Waals surface area contributed by atoms with Crippen LogP contribution in [0.25, 0.3) is 0 Å². The number of nitrogens with one attached hydrogen (secondary N) is 2. The van der Waals surface area contributed by atoms with Crippen LogP contribution in [-0.2, 0) is 20.0 Å². The van der Waals surface area contributed by atoms with Crippen molar-refractivity contribution in [1.82, 2.24) is 0 Å². The van der Waals surface area contributed by atoms with Crippen molar-refractivity contribution >= 4 is 60.3 Å². The van der Waals surface area contributed by atoms with Gasteiger partial charge >= 0.3 is 0 Å². The van der Waals surface area contributed by atoms with Gasteiger partial charge in [-0.3, -0.25) is 19.6 Å². The van der Waals surface area contributed by atoms with Gasteiger partial charge in [0.05, 0.1) is 15.6 Å². The summed E-state index contributed by atoms with van der Waals surface area (Å²) in [4.78, 5) is 9.35. The zero-order valence-electron chi connectivity index (χ0n) is 15.3. The number of para-hydroxylation sites is 1. The number of halogens is 2. The Hall–Kier alpha value is -2.86. The molecule has 3 rings (SSSR count). The van der Waals surface area contributed by atoms with Gasteiger partial charge in [0.1, 0.15) is 4.90 Å². The highest BCUT2D eigenvalue weighted by Gasteiger charge is 2.26. The molecule has 0 bridgehead atoms. The lowest BCUT2D eigenvalue weighted by Crippen LogP contribution is -2.16. The van der Waals surface area contributed by atoms with Gasteiger partial charge in [-0.15, -0.1) is 0 Å². The Morgan fingerprint density at radius 1 is 0.742 bits per heavy atom. The van der Waals surface area contributed by atoms with Crippen molar-refractivity contribution in [2.45, 2.75) is 9.79 Å². The van der Waals surface area contributed by atoms with E-state index in [0.717, 1.165) is 18.2 Å². The number of anilines is 2. The Morgan fingerprint density at radius 3 is 1.94 bits per heavy atom. The van der Waals surface area contributed by atoms with Crippen LogP contribution in [0.4, 0.5) is 17.1 Å². The molecule has 0 aromatic heterocycles. The third-order valence-corrected chi connectivity index (χ3v) is 7.46. The standard InChI is InChI=1S/C18H13Cl2N3O6S2/c19-12-5-7-13(8-6-12)21-31(28,29)18-11-14(9-10-15(18)20)22-30(26,27)17-4-2-1-3-16(17)23(24)25/h1-11,21-22H. The zero-order valence-corrected chi connectivity index (χ0v) is 18.5. The van der Waals surface area contributed by atoms with E-state index in [-0.39, 0.29) is 16.4 Å². The Balaban J connectivity index is 1.96. The highest BCUT2D eigenvalue weighted by atomic mass is 35.5. The topological polar surface area (TPSA) is 135 Å². The van der Waals surface area contributed by atoms with Crippen LogP contribution in [0.15, 0.2) is 76.5 Å². The summed E-state index contributed by atoms with van der Waals surface area (Å²) in [6, 6.07) is 14.0. The number of benzene rings is 3. The van der Waals surface area contributed by atoms with Gasteiger partial charge < -0.3 is 0 Å². The molecule has 0 saturated carbocycles. The largest absolute Gasteiger partial charge is 0.289 e. The lowest BCUT2D eigenvalue weighted by atomic mass is 10.3. The first kappa shape index (κ1) is 22.8. The quantitative estimate of drug-likeness (QED) is 0.361. The fourth-order valence-corrected chi connectivity index (χ4v) is 5.48. The van der Waals surface area contributed by atoms with E-state index < -0.39 is 40.4 Å². The maximum atomic E-state index is 12.7. The minimum atomic E-state index is -4.39. The van der Waals surface area contributed by atoms with Gasteiger partial charge in [-0.05, 0) is 48.5 Å². The molecule has 0 aliphatic carbocycles. The van der Waals surface area contributed by atoms with Crippen molar-refractivity contribution < 1.29 is 21.8 Å². The number of nitrogens with zero attached hydrogens (tertiary/aromatic N) is 1. The Labute approximate surface area is 187 Å². The molecule has 13 heteroatoms. The molecule has 0 fully saturated rings.